The largest absolute Gasteiger partial charge is 0.478 e. The van der Waals surface area contributed by atoms with Gasteiger partial charge in [0.15, 0.2) is 0 Å². The molecule has 0 fully saturated rings. The molecule has 21 heavy (non-hydrogen) atoms. The van der Waals surface area contributed by atoms with Crippen LogP contribution in [0.2, 0.25) is 0 Å². The number of halogens is 1. The van der Waals surface area contributed by atoms with Crippen molar-refractivity contribution in [2.75, 3.05) is 0 Å². The smallest absolute Gasteiger partial charge is 0.339 e. The Bertz CT molecular complexity index is 732. The van der Waals surface area contributed by atoms with Crippen molar-refractivity contribution < 1.29 is 19.6 Å². The summed E-state index contributed by atoms with van der Waals surface area (Å²) in [5.41, 5.74) is 0.0235. The molecule has 108 valence electrons. The number of pyridine rings is 1. The second-order valence-corrected chi connectivity index (χ2v) is 4.97. The molecule has 0 radical (unpaired) electrons. The lowest BCUT2D eigenvalue weighted by Gasteiger charge is -2.09. The Labute approximate surface area is 127 Å². The predicted molar refractivity (Wildman–Crippen MR) is 76.8 cm³/mol. The summed E-state index contributed by atoms with van der Waals surface area (Å²) >= 11 is 3.22. The molecular weight excluding hydrogens is 344 g/mol. The molecule has 0 aliphatic rings. The van der Waals surface area contributed by atoms with Gasteiger partial charge in [0, 0.05) is 16.6 Å². The number of carbonyl (C=O) groups is 1. The molecule has 1 aromatic heterocycles. The molecule has 0 unspecified atom stereocenters. The zero-order valence-electron chi connectivity index (χ0n) is 10.7. The van der Waals surface area contributed by atoms with Gasteiger partial charge < -0.3 is 9.84 Å². The summed E-state index contributed by atoms with van der Waals surface area (Å²) in [5, 5.41) is 19.8. The number of ether oxygens (including phenoxy) is 1. The maximum Gasteiger partial charge on any atom is 0.339 e. The number of carboxylic acids is 1. The summed E-state index contributed by atoms with van der Waals surface area (Å²) in [7, 11) is 0. The first-order valence-corrected chi connectivity index (χ1v) is 6.50. The van der Waals surface area contributed by atoms with Gasteiger partial charge in [-0.15, -0.1) is 0 Å². The van der Waals surface area contributed by atoms with Gasteiger partial charge in [-0.25, -0.2) is 9.78 Å². The molecule has 7 nitrogen and oxygen atoms in total. The van der Waals surface area contributed by atoms with E-state index in [4.69, 9.17) is 9.84 Å². The first kappa shape index (κ1) is 14.9. The number of hydrogen-bond acceptors (Lipinski definition) is 5. The van der Waals surface area contributed by atoms with Crippen molar-refractivity contribution in [3.63, 3.8) is 0 Å². The highest BCUT2D eigenvalue weighted by molar-refractivity contribution is 9.10. The van der Waals surface area contributed by atoms with Gasteiger partial charge in [-0.1, -0.05) is 15.9 Å². The van der Waals surface area contributed by atoms with Crippen LogP contribution in [-0.2, 0) is 0 Å². The molecule has 0 aliphatic carbocycles. The van der Waals surface area contributed by atoms with Crippen molar-refractivity contribution in [3.8, 4) is 11.6 Å². The van der Waals surface area contributed by atoms with E-state index in [2.05, 4.69) is 20.9 Å². The average Bonchev–Trinajstić information content (AvgIpc) is 2.37. The Hall–Kier alpha value is -2.48. The van der Waals surface area contributed by atoms with E-state index in [9.17, 15) is 14.9 Å². The SMILES string of the molecule is Cc1nc(Oc2cc(Br)ccc2C(=O)O)ccc1[N+](=O)[O-]. The van der Waals surface area contributed by atoms with E-state index in [1.54, 1.807) is 6.07 Å². The molecule has 1 aromatic carbocycles. The molecule has 1 heterocycles. The van der Waals surface area contributed by atoms with E-state index in [-0.39, 0.29) is 28.6 Å². The summed E-state index contributed by atoms with van der Waals surface area (Å²) in [6.07, 6.45) is 0. The van der Waals surface area contributed by atoms with Crippen LogP contribution >= 0.6 is 15.9 Å². The minimum Gasteiger partial charge on any atom is -0.478 e. The van der Waals surface area contributed by atoms with Crippen molar-refractivity contribution >= 4 is 27.6 Å². The Morgan fingerprint density at radius 1 is 1.38 bits per heavy atom. The van der Waals surface area contributed by atoms with Gasteiger partial charge >= 0.3 is 5.97 Å². The normalized spacial score (nSPS) is 10.2. The third-order valence-corrected chi connectivity index (χ3v) is 3.11. The molecule has 0 spiro atoms. The van der Waals surface area contributed by atoms with Crippen LogP contribution in [-0.4, -0.2) is 21.0 Å². The Balaban J connectivity index is 2.38. The van der Waals surface area contributed by atoms with E-state index in [1.165, 1.54) is 31.2 Å². The molecular formula is C13H9BrN2O5. The Morgan fingerprint density at radius 2 is 2.10 bits per heavy atom. The summed E-state index contributed by atoms with van der Waals surface area (Å²) < 4.78 is 6.06. The number of nitrogens with zero attached hydrogens (tertiary/aromatic N) is 2. The third kappa shape index (κ3) is 3.34. The molecule has 0 amide bonds. The van der Waals surface area contributed by atoms with Gasteiger partial charge in [0.05, 0.1) is 4.92 Å². The van der Waals surface area contributed by atoms with Gasteiger partial charge in [0.2, 0.25) is 5.88 Å². The quantitative estimate of drug-likeness (QED) is 0.666. The maximum absolute atomic E-state index is 11.1. The van der Waals surface area contributed by atoms with E-state index in [0.717, 1.165) is 0 Å². The number of nitro groups is 1. The second kappa shape index (κ2) is 5.88. The summed E-state index contributed by atoms with van der Waals surface area (Å²) in [6, 6.07) is 7.03. The minimum absolute atomic E-state index is 0.0315. The lowest BCUT2D eigenvalue weighted by molar-refractivity contribution is -0.385. The van der Waals surface area contributed by atoms with Crippen molar-refractivity contribution in [3.05, 3.63) is 56.2 Å². The first-order valence-electron chi connectivity index (χ1n) is 5.71. The van der Waals surface area contributed by atoms with Crippen LogP contribution in [0.5, 0.6) is 11.6 Å². The Kier molecular flexibility index (Phi) is 4.18. The van der Waals surface area contributed by atoms with E-state index in [0.29, 0.717) is 4.47 Å². The van der Waals surface area contributed by atoms with E-state index < -0.39 is 10.9 Å². The van der Waals surface area contributed by atoms with Crippen LogP contribution in [0.15, 0.2) is 34.8 Å². The van der Waals surface area contributed by atoms with Crippen LogP contribution in [0.1, 0.15) is 16.1 Å². The fourth-order valence-corrected chi connectivity index (χ4v) is 1.99. The van der Waals surface area contributed by atoms with Crippen LogP contribution in [0.3, 0.4) is 0 Å². The van der Waals surface area contributed by atoms with Gasteiger partial charge in [-0.2, -0.15) is 0 Å². The highest BCUT2D eigenvalue weighted by Gasteiger charge is 2.16. The number of hydrogen-bond donors (Lipinski definition) is 1. The molecule has 2 rings (SSSR count). The second-order valence-electron chi connectivity index (χ2n) is 4.06. The van der Waals surface area contributed by atoms with Gasteiger partial charge in [-0.05, 0) is 25.1 Å². The van der Waals surface area contributed by atoms with E-state index >= 15 is 0 Å². The molecule has 1 N–H and O–H groups in total. The summed E-state index contributed by atoms with van der Waals surface area (Å²) in [4.78, 5) is 25.2. The molecule has 0 atom stereocenters. The fourth-order valence-electron chi connectivity index (χ4n) is 1.65. The highest BCUT2D eigenvalue weighted by atomic mass is 79.9. The lowest BCUT2D eigenvalue weighted by Crippen LogP contribution is -2.01. The minimum atomic E-state index is -1.14. The highest BCUT2D eigenvalue weighted by Crippen LogP contribution is 2.29. The predicted octanol–water partition coefficient (Wildman–Crippen LogP) is 3.55. The zero-order chi connectivity index (χ0) is 15.6. The van der Waals surface area contributed by atoms with Gasteiger partial charge in [0.25, 0.3) is 5.69 Å². The number of aryl methyl sites for hydroxylation is 1. The van der Waals surface area contributed by atoms with Crippen molar-refractivity contribution in [1.82, 2.24) is 4.98 Å². The van der Waals surface area contributed by atoms with Crippen molar-refractivity contribution in [2.45, 2.75) is 6.92 Å². The summed E-state index contributed by atoms with van der Waals surface area (Å²) in [6.45, 7) is 1.48. The van der Waals surface area contributed by atoms with Crippen LogP contribution in [0.25, 0.3) is 0 Å². The first-order chi connectivity index (χ1) is 9.88. The Morgan fingerprint density at radius 3 is 2.67 bits per heavy atom. The lowest BCUT2D eigenvalue weighted by atomic mass is 10.2. The zero-order valence-corrected chi connectivity index (χ0v) is 12.3. The van der Waals surface area contributed by atoms with Crippen molar-refractivity contribution in [2.24, 2.45) is 0 Å². The number of rotatable bonds is 4. The number of benzene rings is 1. The fraction of sp³-hybridized carbons (Fsp3) is 0.0769. The molecule has 0 saturated heterocycles. The van der Waals surface area contributed by atoms with Crippen LogP contribution < -0.4 is 4.74 Å². The van der Waals surface area contributed by atoms with Crippen LogP contribution in [0, 0.1) is 17.0 Å². The third-order valence-electron chi connectivity index (χ3n) is 2.62. The monoisotopic (exact) mass is 352 g/mol. The van der Waals surface area contributed by atoms with Crippen molar-refractivity contribution in [1.29, 1.82) is 0 Å². The average molecular weight is 353 g/mol. The molecule has 0 bridgehead atoms. The number of aromatic carboxylic acids is 1. The molecule has 0 aliphatic heterocycles. The van der Waals surface area contributed by atoms with Gasteiger partial charge in [0.1, 0.15) is 17.0 Å². The standard InChI is InChI=1S/C13H9BrN2O5/c1-7-10(16(19)20)4-5-12(15-7)21-11-6-8(14)2-3-9(11)13(17)18/h2-6H,1H3,(H,17,18). The van der Waals surface area contributed by atoms with Crippen LogP contribution in [0.4, 0.5) is 5.69 Å². The van der Waals surface area contributed by atoms with Gasteiger partial charge in [-0.3, -0.25) is 10.1 Å². The molecule has 0 saturated carbocycles. The summed E-state index contributed by atoms with van der Waals surface area (Å²) in [5.74, 6) is -0.965. The maximum atomic E-state index is 11.1. The number of carboxylic acid groups (broad SMARTS) is 1. The topological polar surface area (TPSA) is 103 Å². The molecule has 2 aromatic rings. The molecule has 8 heteroatoms. The number of aromatic nitrogens is 1. The van der Waals surface area contributed by atoms with E-state index in [1.807, 2.05) is 0 Å².